The third-order valence-corrected chi connectivity index (χ3v) is 1.18. The third kappa shape index (κ3) is 4.72. The molecular formula is C2H8BNS2. The maximum Gasteiger partial charge on any atom is 0.224 e. The van der Waals surface area contributed by atoms with Crippen molar-refractivity contribution in [3.05, 3.63) is 0 Å². The monoisotopic (exact) mass is 121 g/mol. The van der Waals surface area contributed by atoms with Gasteiger partial charge in [-0.2, -0.15) is 0 Å². The molecule has 0 aromatic heterocycles. The Morgan fingerprint density at radius 2 is 2.17 bits per heavy atom. The highest BCUT2D eigenvalue weighted by atomic mass is 32.2. The molecule has 0 aliphatic rings. The van der Waals surface area contributed by atoms with E-state index in [1.807, 2.05) is 0 Å². The van der Waals surface area contributed by atoms with Gasteiger partial charge in [-0.15, -0.1) is 11.8 Å². The maximum absolute atomic E-state index is 3.77. The van der Waals surface area contributed by atoms with Gasteiger partial charge >= 0.3 is 0 Å². The second kappa shape index (κ2) is 3.90. The van der Waals surface area contributed by atoms with Crippen molar-refractivity contribution in [2.75, 3.05) is 0 Å². The summed E-state index contributed by atoms with van der Waals surface area (Å²) in [6.45, 7) is 4.21. The molecule has 0 atom stereocenters. The van der Waals surface area contributed by atoms with Crippen LogP contribution in [-0.2, 0) is 0 Å². The van der Waals surface area contributed by atoms with E-state index in [1.54, 1.807) is 11.8 Å². The second-order valence-electron chi connectivity index (χ2n) is 1.26. The highest BCUT2D eigenvalue weighted by Crippen LogP contribution is 1.98. The van der Waals surface area contributed by atoms with Crippen LogP contribution < -0.4 is 4.13 Å². The summed E-state index contributed by atoms with van der Waals surface area (Å²) in [5, 5.41) is 0. The molecule has 0 rings (SSSR count). The van der Waals surface area contributed by atoms with Gasteiger partial charge in [0.05, 0.1) is 0 Å². The average Bonchev–Trinajstić information content (AvgIpc) is 1.35. The van der Waals surface area contributed by atoms with Crippen LogP contribution in [0, 0.1) is 0 Å². The lowest BCUT2D eigenvalue weighted by Gasteiger charge is -1.92. The number of hydrogen-bond donors (Lipinski definition) is 2. The number of thiol groups is 1. The summed E-state index contributed by atoms with van der Waals surface area (Å²) < 4.78 is 2.68. The largest absolute Gasteiger partial charge is 0.224 e. The number of rotatable bonds is 2. The molecule has 0 aromatic carbocycles. The molecule has 1 N–H and O–H groups in total. The minimum Gasteiger partial charge on any atom is -0.221 e. The molecule has 0 spiro atoms. The van der Waals surface area contributed by atoms with Crippen molar-refractivity contribution in [2.45, 2.75) is 13.6 Å². The van der Waals surface area contributed by atoms with Gasteiger partial charge in [0.15, 0.2) is 0 Å². The molecule has 0 unspecified atom stereocenters. The normalized spacial score (nSPS) is 8.50. The van der Waals surface area contributed by atoms with Crippen LogP contribution in [0.2, 0.25) is 13.6 Å². The molecule has 0 fully saturated rings. The molecule has 0 amide bonds. The molecule has 0 heterocycles. The molecule has 0 saturated heterocycles. The quantitative estimate of drug-likeness (QED) is 0.324. The molecule has 0 saturated carbocycles. The van der Waals surface area contributed by atoms with E-state index in [1.165, 1.54) is 0 Å². The summed E-state index contributed by atoms with van der Waals surface area (Å²) >= 11 is 5.37. The first-order chi connectivity index (χ1) is 2.77. The average molecular weight is 121 g/mol. The van der Waals surface area contributed by atoms with E-state index in [9.17, 15) is 0 Å². The van der Waals surface area contributed by atoms with E-state index in [2.05, 4.69) is 30.6 Å². The highest BCUT2D eigenvalue weighted by Gasteiger charge is 1.92. The zero-order valence-corrected chi connectivity index (χ0v) is 5.64. The molecule has 4 heteroatoms. The standard InChI is InChI=1S/C2H8BNS2/c1-3(2)6-4-5/h4-5H,1-2H3. The number of nitrogens with one attached hydrogen (secondary N) is 1. The molecular weight excluding hydrogens is 113 g/mol. The van der Waals surface area contributed by atoms with Crippen molar-refractivity contribution in [3.63, 3.8) is 0 Å². The zero-order chi connectivity index (χ0) is 4.99. The lowest BCUT2D eigenvalue weighted by molar-refractivity contribution is 1.81. The summed E-state index contributed by atoms with van der Waals surface area (Å²) in [6.07, 6.45) is 0. The third-order valence-electron chi connectivity index (χ3n) is 0.288. The first-order valence-electron chi connectivity index (χ1n) is 1.82. The molecule has 6 heavy (non-hydrogen) atoms. The minimum absolute atomic E-state index is 0.627. The molecule has 0 aliphatic heterocycles. The van der Waals surface area contributed by atoms with Crippen molar-refractivity contribution in [3.8, 4) is 0 Å². The van der Waals surface area contributed by atoms with Crippen molar-refractivity contribution in [2.24, 2.45) is 0 Å². The van der Waals surface area contributed by atoms with Crippen LogP contribution in [0.1, 0.15) is 0 Å². The van der Waals surface area contributed by atoms with Gasteiger partial charge in [0, 0.05) is 0 Å². The molecule has 0 aliphatic carbocycles. The van der Waals surface area contributed by atoms with Crippen LogP contribution in [0.4, 0.5) is 0 Å². The Bertz CT molecular complexity index is 32.7. The van der Waals surface area contributed by atoms with Gasteiger partial charge in [0.25, 0.3) is 0 Å². The van der Waals surface area contributed by atoms with Gasteiger partial charge in [-0.1, -0.05) is 26.5 Å². The van der Waals surface area contributed by atoms with E-state index in [4.69, 9.17) is 0 Å². The SMILES string of the molecule is CB(C)SNS. The van der Waals surface area contributed by atoms with Crippen LogP contribution in [0.25, 0.3) is 0 Å². The fourth-order valence-corrected chi connectivity index (χ4v) is 0.949. The molecule has 1 nitrogen and oxygen atoms in total. The van der Waals surface area contributed by atoms with Crippen LogP contribution in [0.5, 0.6) is 0 Å². The highest BCUT2D eigenvalue weighted by molar-refractivity contribution is 8.27. The Morgan fingerprint density at radius 3 is 2.17 bits per heavy atom. The Labute approximate surface area is 48.9 Å². The predicted molar refractivity (Wildman–Crippen MR) is 37.2 cm³/mol. The van der Waals surface area contributed by atoms with E-state index in [-0.39, 0.29) is 0 Å². The van der Waals surface area contributed by atoms with Crippen LogP contribution >= 0.6 is 24.6 Å². The summed E-state index contributed by atoms with van der Waals surface area (Å²) in [5.41, 5.74) is 0. The minimum atomic E-state index is 0.627. The Kier molecular flexibility index (Phi) is 4.37. The second-order valence-corrected chi connectivity index (χ2v) is 3.17. The maximum atomic E-state index is 3.77. The van der Waals surface area contributed by atoms with Gasteiger partial charge < -0.3 is 0 Å². The fourth-order valence-electron chi connectivity index (χ4n) is 0.105. The Hall–Kier alpha value is 0.725. The molecule has 0 aromatic rings. The molecule has 36 valence electrons. The molecule has 0 radical (unpaired) electrons. The Morgan fingerprint density at radius 1 is 1.67 bits per heavy atom. The summed E-state index contributed by atoms with van der Waals surface area (Å²) in [4.78, 5) is 0. The van der Waals surface area contributed by atoms with Gasteiger partial charge in [-0.05, 0) is 0 Å². The smallest absolute Gasteiger partial charge is 0.221 e. The topological polar surface area (TPSA) is 12.0 Å². The Balaban J connectivity index is 2.63. The van der Waals surface area contributed by atoms with E-state index in [0.717, 1.165) is 0 Å². The van der Waals surface area contributed by atoms with Gasteiger partial charge in [0.1, 0.15) is 0 Å². The fraction of sp³-hybridized carbons (Fsp3) is 1.00. The van der Waals surface area contributed by atoms with Gasteiger partial charge in [-0.3, -0.25) is 0 Å². The number of hydrogen-bond acceptors (Lipinski definition) is 3. The molecule has 0 bridgehead atoms. The first-order valence-corrected chi connectivity index (χ1v) is 3.15. The summed E-state index contributed by atoms with van der Waals surface area (Å²) in [7, 11) is 0. The lowest BCUT2D eigenvalue weighted by Crippen LogP contribution is -1.97. The van der Waals surface area contributed by atoms with Crippen molar-refractivity contribution in [1.29, 1.82) is 0 Å². The van der Waals surface area contributed by atoms with E-state index >= 15 is 0 Å². The van der Waals surface area contributed by atoms with Crippen molar-refractivity contribution in [1.82, 2.24) is 4.13 Å². The van der Waals surface area contributed by atoms with Crippen LogP contribution in [0.15, 0.2) is 0 Å². The van der Waals surface area contributed by atoms with E-state index < -0.39 is 0 Å². The lowest BCUT2D eigenvalue weighted by atomic mass is 9.84. The summed E-state index contributed by atoms with van der Waals surface area (Å²) in [6, 6.07) is 0. The van der Waals surface area contributed by atoms with E-state index in [0.29, 0.717) is 5.99 Å². The van der Waals surface area contributed by atoms with Gasteiger partial charge in [-0.25, -0.2) is 4.13 Å². The summed E-state index contributed by atoms with van der Waals surface area (Å²) in [5.74, 6) is 0.627. The zero-order valence-electron chi connectivity index (χ0n) is 3.93. The van der Waals surface area contributed by atoms with Crippen LogP contribution in [-0.4, -0.2) is 5.99 Å². The van der Waals surface area contributed by atoms with Crippen LogP contribution in [0.3, 0.4) is 0 Å². The van der Waals surface area contributed by atoms with Crippen molar-refractivity contribution >= 4 is 30.6 Å². The van der Waals surface area contributed by atoms with Crippen molar-refractivity contribution < 1.29 is 0 Å². The first kappa shape index (κ1) is 6.72. The predicted octanol–water partition coefficient (Wildman–Crippen LogP) is 1.32. The van der Waals surface area contributed by atoms with Gasteiger partial charge in [0.2, 0.25) is 5.99 Å².